The van der Waals surface area contributed by atoms with Crippen LogP contribution in [0, 0.1) is 6.92 Å². The first kappa shape index (κ1) is 14.1. The molecule has 2 aromatic rings. The highest BCUT2D eigenvalue weighted by molar-refractivity contribution is 6.37. The summed E-state index contributed by atoms with van der Waals surface area (Å²) in [4.78, 5) is 20.3. The van der Waals surface area contributed by atoms with Gasteiger partial charge in [0.1, 0.15) is 11.3 Å². The first-order valence-electron chi connectivity index (χ1n) is 5.84. The van der Waals surface area contributed by atoms with Gasteiger partial charge in [-0.15, -0.1) is 11.6 Å². The first-order chi connectivity index (χ1) is 9.10. The Hall–Kier alpha value is -1.33. The molecule has 19 heavy (non-hydrogen) atoms. The molecule has 0 bridgehead atoms. The molecule has 0 spiro atoms. The van der Waals surface area contributed by atoms with Crippen LogP contribution in [0.15, 0.2) is 6.20 Å². The zero-order valence-corrected chi connectivity index (χ0v) is 12.1. The van der Waals surface area contributed by atoms with Crippen LogP contribution in [0.5, 0.6) is 0 Å². The van der Waals surface area contributed by atoms with E-state index in [0.29, 0.717) is 23.6 Å². The summed E-state index contributed by atoms with van der Waals surface area (Å²) in [7, 11) is 0. The Balaban J connectivity index is 2.57. The van der Waals surface area contributed by atoms with Gasteiger partial charge in [0.05, 0.1) is 17.2 Å². The van der Waals surface area contributed by atoms with Gasteiger partial charge >= 0.3 is 5.97 Å². The van der Waals surface area contributed by atoms with Crippen molar-refractivity contribution in [2.45, 2.75) is 20.4 Å². The van der Waals surface area contributed by atoms with Crippen molar-refractivity contribution in [2.24, 2.45) is 0 Å². The molecule has 2 aromatic heterocycles. The van der Waals surface area contributed by atoms with E-state index in [-0.39, 0.29) is 17.2 Å². The number of carbonyl (C=O) groups excluding carboxylic acids is 1. The normalized spacial score (nSPS) is 10.9. The Kier molecular flexibility index (Phi) is 4.27. The molecule has 0 saturated carbocycles. The van der Waals surface area contributed by atoms with Crippen molar-refractivity contribution in [1.29, 1.82) is 0 Å². The van der Waals surface area contributed by atoms with Crippen molar-refractivity contribution in [1.82, 2.24) is 14.5 Å². The monoisotopic (exact) mass is 301 g/mol. The van der Waals surface area contributed by atoms with Crippen LogP contribution in [0.4, 0.5) is 0 Å². The van der Waals surface area contributed by atoms with Crippen LogP contribution in [-0.2, 0) is 11.3 Å². The van der Waals surface area contributed by atoms with Crippen molar-refractivity contribution in [2.75, 3.05) is 12.5 Å². The highest BCUT2D eigenvalue weighted by Crippen LogP contribution is 2.26. The number of ether oxygens (including phenoxy) is 1. The van der Waals surface area contributed by atoms with E-state index in [4.69, 9.17) is 27.9 Å². The second kappa shape index (κ2) is 5.75. The number of aryl methyl sites for hydroxylation is 2. The maximum absolute atomic E-state index is 11.7. The Bertz CT molecular complexity index is 625. The van der Waals surface area contributed by atoms with Gasteiger partial charge in [-0.05, 0) is 13.8 Å². The fourth-order valence-electron chi connectivity index (χ4n) is 1.84. The minimum absolute atomic E-state index is 0.228. The molecule has 0 aliphatic heterocycles. The summed E-state index contributed by atoms with van der Waals surface area (Å²) in [6.45, 7) is 4.45. The van der Waals surface area contributed by atoms with E-state index in [2.05, 4.69) is 9.97 Å². The molecule has 0 radical (unpaired) electrons. The highest BCUT2D eigenvalue weighted by Gasteiger charge is 2.19. The number of imidazole rings is 1. The van der Waals surface area contributed by atoms with E-state index in [9.17, 15) is 4.79 Å². The van der Waals surface area contributed by atoms with Crippen LogP contribution in [-0.4, -0.2) is 33.0 Å². The third-order valence-electron chi connectivity index (χ3n) is 2.70. The summed E-state index contributed by atoms with van der Waals surface area (Å²) in [6, 6.07) is 0. The Morgan fingerprint density at radius 2 is 2.26 bits per heavy atom. The van der Waals surface area contributed by atoms with Crippen LogP contribution >= 0.6 is 23.2 Å². The summed E-state index contributed by atoms with van der Waals surface area (Å²) in [5, 5.41) is 0.264. The lowest BCUT2D eigenvalue weighted by atomic mass is 10.2. The molecule has 0 fully saturated rings. The average Bonchev–Trinajstić information content (AvgIpc) is 2.69. The van der Waals surface area contributed by atoms with Crippen molar-refractivity contribution in [3.05, 3.63) is 22.6 Å². The lowest BCUT2D eigenvalue weighted by Crippen LogP contribution is -2.07. The third-order valence-corrected chi connectivity index (χ3v) is 3.25. The Morgan fingerprint density at radius 3 is 2.89 bits per heavy atom. The van der Waals surface area contributed by atoms with Crippen molar-refractivity contribution in [3.63, 3.8) is 0 Å². The molecular weight excluding hydrogens is 289 g/mol. The maximum atomic E-state index is 11.7. The number of halogens is 2. The van der Waals surface area contributed by atoms with E-state index in [1.807, 2.05) is 11.5 Å². The van der Waals surface area contributed by atoms with Crippen molar-refractivity contribution in [3.8, 4) is 0 Å². The molecule has 0 aliphatic carbocycles. The fraction of sp³-hybridized carbons (Fsp3) is 0.417. The van der Waals surface area contributed by atoms with Gasteiger partial charge in [0.15, 0.2) is 5.65 Å². The average molecular weight is 302 g/mol. The van der Waals surface area contributed by atoms with Gasteiger partial charge in [-0.3, -0.25) is 0 Å². The molecule has 0 unspecified atom stereocenters. The number of pyridine rings is 1. The number of rotatable bonds is 4. The lowest BCUT2D eigenvalue weighted by molar-refractivity contribution is 0.0526. The summed E-state index contributed by atoms with van der Waals surface area (Å²) in [5.74, 6) is 0.711. The van der Waals surface area contributed by atoms with Crippen molar-refractivity contribution < 1.29 is 9.53 Å². The molecule has 7 heteroatoms. The molecule has 102 valence electrons. The molecular formula is C12H13Cl2N3O2. The summed E-state index contributed by atoms with van der Waals surface area (Å²) in [6.07, 6.45) is 1.41. The molecule has 0 aromatic carbocycles. The first-order valence-corrected chi connectivity index (χ1v) is 6.75. The number of hydrogen-bond acceptors (Lipinski definition) is 4. The number of esters is 1. The van der Waals surface area contributed by atoms with Crippen LogP contribution in [0.2, 0.25) is 5.02 Å². The Labute approximate surface area is 120 Å². The van der Waals surface area contributed by atoms with E-state index >= 15 is 0 Å². The zero-order valence-electron chi connectivity index (χ0n) is 10.6. The van der Waals surface area contributed by atoms with E-state index in [1.54, 1.807) is 6.92 Å². The number of nitrogens with zero attached hydrogens (tertiary/aromatic N) is 3. The third kappa shape index (κ3) is 2.53. The predicted molar refractivity (Wildman–Crippen MR) is 74.0 cm³/mol. The van der Waals surface area contributed by atoms with Gasteiger partial charge in [-0.25, -0.2) is 14.8 Å². The van der Waals surface area contributed by atoms with Crippen LogP contribution in [0.1, 0.15) is 23.1 Å². The van der Waals surface area contributed by atoms with E-state index in [1.165, 1.54) is 6.20 Å². The largest absolute Gasteiger partial charge is 0.462 e. The molecule has 2 rings (SSSR count). The van der Waals surface area contributed by atoms with Crippen LogP contribution < -0.4 is 0 Å². The maximum Gasteiger partial charge on any atom is 0.341 e. The van der Waals surface area contributed by atoms with E-state index < -0.39 is 5.97 Å². The van der Waals surface area contributed by atoms with E-state index in [0.717, 1.165) is 5.82 Å². The van der Waals surface area contributed by atoms with Crippen LogP contribution in [0.3, 0.4) is 0 Å². The van der Waals surface area contributed by atoms with Gasteiger partial charge in [-0.1, -0.05) is 11.6 Å². The highest BCUT2D eigenvalue weighted by atomic mass is 35.5. The van der Waals surface area contributed by atoms with Gasteiger partial charge in [-0.2, -0.15) is 0 Å². The lowest BCUT2D eigenvalue weighted by Gasteiger charge is -2.05. The smallest absolute Gasteiger partial charge is 0.341 e. The molecule has 2 heterocycles. The standard InChI is InChI=1S/C12H13Cl2N3O2/c1-3-19-12(18)8-6-15-11-10(9(8)14)16-7(2)17(11)5-4-13/h6H,3-5H2,1-2H3. The SMILES string of the molecule is CCOC(=O)c1cnc2c(nc(C)n2CCCl)c1Cl. The summed E-state index contributed by atoms with van der Waals surface area (Å²) >= 11 is 12.0. The molecule has 0 saturated heterocycles. The second-order valence-corrected chi connectivity index (χ2v) is 4.63. The number of fused-ring (bicyclic) bond motifs is 1. The minimum Gasteiger partial charge on any atom is -0.462 e. The van der Waals surface area contributed by atoms with Crippen LogP contribution in [0.25, 0.3) is 11.2 Å². The molecule has 0 atom stereocenters. The zero-order chi connectivity index (χ0) is 14.0. The molecule has 0 N–H and O–H groups in total. The number of alkyl halides is 1. The number of carbonyl (C=O) groups is 1. The molecule has 5 nitrogen and oxygen atoms in total. The Morgan fingerprint density at radius 1 is 1.53 bits per heavy atom. The fourth-order valence-corrected chi connectivity index (χ4v) is 2.27. The minimum atomic E-state index is -0.494. The summed E-state index contributed by atoms with van der Waals surface area (Å²) in [5.41, 5.74) is 1.34. The quantitative estimate of drug-likeness (QED) is 0.643. The number of aromatic nitrogens is 3. The van der Waals surface area contributed by atoms with Gasteiger partial charge < -0.3 is 9.30 Å². The topological polar surface area (TPSA) is 57.0 Å². The summed E-state index contributed by atoms with van der Waals surface area (Å²) < 4.78 is 6.79. The second-order valence-electron chi connectivity index (χ2n) is 3.88. The van der Waals surface area contributed by atoms with Gasteiger partial charge in [0.25, 0.3) is 0 Å². The predicted octanol–water partition coefficient (Wildman–Crippen LogP) is 2.81. The van der Waals surface area contributed by atoms with Gasteiger partial charge in [0, 0.05) is 18.6 Å². The number of hydrogen-bond donors (Lipinski definition) is 0. The van der Waals surface area contributed by atoms with Crippen molar-refractivity contribution >= 4 is 40.3 Å². The molecule has 0 amide bonds. The molecule has 0 aliphatic rings. The van der Waals surface area contributed by atoms with Gasteiger partial charge in [0.2, 0.25) is 0 Å².